The molecular formula is C33H34Cl2N2SiZr. The SMILES string of the molecule is CC1=Cc2c(-c3ccccn3)cc(-c3ccccn3)cc2[CH]1[Zr]([CH3])(=[SiH2])([C]1=C(C)C=CC1)[c]1ccccc1.Cl.Cl. The molecule has 0 N–H and O–H groups in total. The van der Waals surface area contributed by atoms with Crippen molar-refractivity contribution >= 4 is 41.0 Å². The third-order valence-corrected chi connectivity index (χ3v) is 32.1. The van der Waals surface area contributed by atoms with Crippen molar-refractivity contribution in [2.45, 2.75) is 28.5 Å². The zero-order chi connectivity index (χ0) is 25.6. The molecule has 0 aliphatic heterocycles. The predicted molar refractivity (Wildman–Crippen MR) is 171 cm³/mol. The van der Waals surface area contributed by atoms with Crippen LogP contribution < -0.4 is 3.27 Å². The van der Waals surface area contributed by atoms with E-state index in [-0.39, 0.29) is 24.8 Å². The molecule has 0 amide bonds. The van der Waals surface area contributed by atoms with E-state index in [1.54, 1.807) is 6.55 Å². The molecule has 2 heterocycles. The van der Waals surface area contributed by atoms with Gasteiger partial charge in [0.25, 0.3) is 0 Å². The number of benzene rings is 2. The molecule has 1 atom stereocenters. The van der Waals surface area contributed by atoms with E-state index in [9.17, 15) is 0 Å². The van der Waals surface area contributed by atoms with Crippen molar-refractivity contribution in [3.8, 4) is 22.5 Å². The number of hydrogen-bond donors (Lipinski definition) is 0. The maximum absolute atomic E-state index is 4.79. The van der Waals surface area contributed by atoms with E-state index >= 15 is 0 Å². The number of allylic oxidation sites excluding steroid dienone is 5. The summed E-state index contributed by atoms with van der Waals surface area (Å²) in [6, 6.07) is 28.5. The fourth-order valence-electron chi connectivity index (χ4n) is 6.95. The summed E-state index contributed by atoms with van der Waals surface area (Å²) < 4.78 is 6.34. The quantitative estimate of drug-likeness (QED) is 0.205. The van der Waals surface area contributed by atoms with Crippen LogP contribution in [0.5, 0.6) is 0 Å². The zero-order valence-electron chi connectivity index (χ0n) is 22.6. The molecule has 0 bridgehead atoms. The minimum Gasteiger partial charge on any atom is -0.147 e. The second kappa shape index (κ2) is 11.3. The van der Waals surface area contributed by atoms with Gasteiger partial charge in [-0.05, 0) is 0 Å². The Hall–Kier alpha value is -2.36. The fourth-order valence-corrected chi connectivity index (χ4v) is 29.8. The minimum atomic E-state index is -3.89. The van der Waals surface area contributed by atoms with Crippen LogP contribution in [0, 0.1) is 0 Å². The number of rotatable bonds is 5. The van der Waals surface area contributed by atoms with Gasteiger partial charge in [-0.1, -0.05) is 0 Å². The topological polar surface area (TPSA) is 25.8 Å². The molecular weight excluding hydrogens is 615 g/mol. The van der Waals surface area contributed by atoms with Crippen LogP contribution in [-0.2, 0) is 17.4 Å². The maximum Gasteiger partial charge on any atom is -0.147 e. The first-order valence-electron chi connectivity index (χ1n) is 13.0. The Morgan fingerprint density at radius 1 is 0.821 bits per heavy atom. The predicted octanol–water partition coefficient (Wildman–Crippen LogP) is 7.96. The van der Waals surface area contributed by atoms with Gasteiger partial charge >= 0.3 is 224 Å². The first kappa shape index (κ1) is 29.6. The van der Waals surface area contributed by atoms with Gasteiger partial charge in [0.05, 0.1) is 0 Å². The van der Waals surface area contributed by atoms with Crippen LogP contribution in [0.3, 0.4) is 0 Å². The molecule has 198 valence electrons. The molecule has 2 aromatic carbocycles. The second-order valence-corrected chi connectivity index (χ2v) is 36.5. The average Bonchev–Trinajstić information content (AvgIpc) is 3.53. The van der Waals surface area contributed by atoms with Gasteiger partial charge in [-0.2, -0.15) is 0 Å². The Labute approximate surface area is 246 Å². The van der Waals surface area contributed by atoms with Crippen LogP contribution in [0.2, 0.25) is 4.63 Å². The van der Waals surface area contributed by atoms with Crippen molar-refractivity contribution < 1.29 is 17.4 Å². The van der Waals surface area contributed by atoms with Crippen molar-refractivity contribution in [2.24, 2.45) is 0 Å². The molecule has 0 fully saturated rings. The van der Waals surface area contributed by atoms with E-state index in [2.05, 4.69) is 110 Å². The van der Waals surface area contributed by atoms with E-state index in [1.807, 2.05) is 24.5 Å². The normalized spacial score (nSPS) is 16.3. The monoisotopic (exact) mass is 646 g/mol. The summed E-state index contributed by atoms with van der Waals surface area (Å²) in [5.74, 6) is 0. The summed E-state index contributed by atoms with van der Waals surface area (Å²) in [7, 11) is 0. The Kier molecular flexibility index (Phi) is 8.55. The molecule has 6 rings (SSSR count). The van der Waals surface area contributed by atoms with Gasteiger partial charge in [0.1, 0.15) is 0 Å². The fraction of sp³-hybridized carbons (Fsp3) is 0.152. The van der Waals surface area contributed by atoms with Crippen molar-refractivity contribution in [1.82, 2.24) is 9.97 Å². The molecule has 0 spiro atoms. The van der Waals surface area contributed by atoms with Gasteiger partial charge in [-0.15, -0.1) is 24.8 Å². The standard InChI is InChI=1S/C20H15N2.C6H7.C6H5.CH3.2ClH.H2Si.Zr/c1-14-10-15-12-16(19-6-2-4-8-21-19)13-18(17(15)11-14)20-7-3-5-9-22-20;1-6-4-2-3-5-6;1-2-4-6-5-3-1;;;;;/h2-13H,1H3;2,4H,3H2,1H3;1-5H;1H3;2*1H;1H2;. The molecule has 0 saturated carbocycles. The van der Waals surface area contributed by atoms with Crippen LogP contribution in [-0.4, -0.2) is 16.8 Å². The summed E-state index contributed by atoms with van der Waals surface area (Å²) in [5.41, 5.74) is 10.1. The molecule has 2 nitrogen and oxygen atoms in total. The number of pyridine rings is 2. The largest absolute Gasteiger partial charge is 0.147 e. The first-order chi connectivity index (χ1) is 17.9. The summed E-state index contributed by atoms with van der Waals surface area (Å²) in [6.07, 6.45) is 12.0. The molecule has 2 aliphatic rings. The number of halogens is 2. The molecule has 39 heavy (non-hydrogen) atoms. The minimum absolute atomic E-state index is 0. The van der Waals surface area contributed by atoms with E-state index in [1.165, 1.54) is 27.8 Å². The molecule has 1 unspecified atom stereocenters. The van der Waals surface area contributed by atoms with E-state index < -0.39 is 17.4 Å². The zero-order valence-corrected chi connectivity index (χ0v) is 28.1. The Balaban J connectivity index is 0.00000176. The summed E-state index contributed by atoms with van der Waals surface area (Å²) >= 11 is -3.89. The van der Waals surface area contributed by atoms with Crippen molar-refractivity contribution in [2.75, 3.05) is 0 Å². The van der Waals surface area contributed by atoms with Crippen LogP contribution in [0.25, 0.3) is 28.6 Å². The van der Waals surface area contributed by atoms with Crippen molar-refractivity contribution in [3.05, 3.63) is 129 Å². The molecule has 0 radical (unpaired) electrons. The van der Waals surface area contributed by atoms with Crippen LogP contribution in [0.15, 0.2) is 118 Å². The second-order valence-electron chi connectivity index (χ2n) is 11.0. The van der Waals surface area contributed by atoms with E-state index in [0.717, 1.165) is 23.4 Å². The number of fused-ring (bicyclic) bond motifs is 1. The Morgan fingerprint density at radius 2 is 1.46 bits per heavy atom. The number of nitrogens with zero attached hydrogens (tertiary/aromatic N) is 2. The van der Waals surface area contributed by atoms with Gasteiger partial charge in [0.15, 0.2) is 0 Å². The van der Waals surface area contributed by atoms with Gasteiger partial charge < -0.3 is 0 Å². The Bertz CT molecular complexity index is 1680. The van der Waals surface area contributed by atoms with Crippen LogP contribution >= 0.6 is 24.8 Å². The smallest absolute Gasteiger partial charge is 0.147 e. The van der Waals surface area contributed by atoms with Crippen LogP contribution in [0.1, 0.15) is 35.0 Å². The molecule has 2 aliphatic carbocycles. The summed E-state index contributed by atoms with van der Waals surface area (Å²) in [4.78, 5) is 9.53. The van der Waals surface area contributed by atoms with Gasteiger partial charge in [0.2, 0.25) is 0 Å². The molecule has 2 aromatic heterocycles. The van der Waals surface area contributed by atoms with Gasteiger partial charge in [-0.3, -0.25) is 0 Å². The average molecular weight is 649 g/mol. The number of hydrogen-bond acceptors (Lipinski definition) is 2. The molecule has 4 aromatic rings. The van der Waals surface area contributed by atoms with E-state index in [4.69, 9.17) is 9.97 Å². The molecule has 0 saturated heterocycles. The molecule has 6 heteroatoms. The summed E-state index contributed by atoms with van der Waals surface area (Å²) in [6.45, 7) is 7.06. The third kappa shape index (κ3) is 4.80. The van der Waals surface area contributed by atoms with Crippen molar-refractivity contribution in [1.29, 1.82) is 0 Å². The van der Waals surface area contributed by atoms with E-state index in [0.29, 0.717) is 3.63 Å². The number of aromatic nitrogens is 2. The first-order valence-corrected chi connectivity index (χ1v) is 25.3. The van der Waals surface area contributed by atoms with Crippen molar-refractivity contribution in [3.63, 3.8) is 0 Å². The Morgan fingerprint density at radius 3 is 2.05 bits per heavy atom. The maximum atomic E-state index is 4.79. The summed E-state index contributed by atoms with van der Waals surface area (Å²) in [5, 5.41) is 0. The third-order valence-electron chi connectivity index (χ3n) is 8.62. The van der Waals surface area contributed by atoms with Crippen LogP contribution in [0.4, 0.5) is 0 Å². The van der Waals surface area contributed by atoms with Gasteiger partial charge in [0, 0.05) is 0 Å². The van der Waals surface area contributed by atoms with Gasteiger partial charge in [-0.25, -0.2) is 0 Å².